The lowest BCUT2D eigenvalue weighted by Gasteiger charge is -2.21. The fourth-order valence-corrected chi connectivity index (χ4v) is 2.85. The lowest BCUT2D eigenvalue weighted by atomic mass is 9.91. The van der Waals surface area contributed by atoms with E-state index in [1.165, 1.54) is 11.1 Å². The van der Waals surface area contributed by atoms with Crippen LogP contribution in [0.3, 0.4) is 0 Å². The van der Waals surface area contributed by atoms with E-state index >= 15 is 0 Å². The Morgan fingerprint density at radius 2 is 1.75 bits per heavy atom. The number of aryl methyl sites for hydroxylation is 1. The second-order valence-corrected chi connectivity index (χ2v) is 6.89. The van der Waals surface area contributed by atoms with Gasteiger partial charge < -0.3 is 5.73 Å². The highest BCUT2D eigenvalue weighted by atomic mass is 79.9. The van der Waals surface area contributed by atoms with Crippen LogP contribution >= 0.6 is 15.9 Å². The smallest absolute Gasteiger partial charge is 0.162 e. The molecule has 106 valence electrons. The van der Waals surface area contributed by atoms with E-state index < -0.39 is 0 Å². The summed E-state index contributed by atoms with van der Waals surface area (Å²) < 4.78 is 0.791. The number of rotatable bonds is 1. The Hall–Kier alpha value is -1.42. The molecule has 4 heteroatoms. The van der Waals surface area contributed by atoms with Gasteiger partial charge in [-0.15, -0.1) is 0 Å². The van der Waals surface area contributed by atoms with Crippen LogP contribution in [-0.2, 0) is 5.41 Å². The first-order valence-corrected chi connectivity index (χ1v) is 7.41. The third kappa shape index (κ3) is 2.70. The van der Waals surface area contributed by atoms with Crippen LogP contribution in [0.1, 0.15) is 37.6 Å². The van der Waals surface area contributed by atoms with Gasteiger partial charge in [0.2, 0.25) is 0 Å². The number of nitrogens with two attached hydrogens (primary N) is 1. The van der Waals surface area contributed by atoms with Gasteiger partial charge in [0.1, 0.15) is 5.82 Å². The van der Waals surface area contributed by atoms with Gasteiger partial charge >= 0.3 is 0 Å². The van der Waals surface area contributed by atoms with Crippen molar-refractivity contribution >= 4 is 21.7 Å². The van der Waals surface area contributed by atoms with E-state index in [0.717, 1.165) is 15.7 Å². The van der Waals surface area contributed by atoms with E-state index in [2.05, 4.69) is 61.6 Å². The molecule has 0 spiro atoms. The SMILES string of the molecule is Cc1cccc(-c2nc(N)c(Br)c(C(C)(C)C)n2)c1C. The molecule has 0 saturated carbocycles. The van der Waals surface area contributed by atoms with Crippen LogP contribution in [0, 0.1) is 13.8 Å². The van der Waals surface area contributed by atoms with Crippen molar-refractivity contribution in [2.75, 3.05) is 5.73 Å². The summed E-state index contributed by atoms with van der Waals surface area (Å²) in [6, 6.07) is 6.15. The van der Waals surface area contributed by atoms with Gasteiger partial charge in [0.25, 0.3) is 0 Å². The van der Waals surface area contributed by atoms with Crippen molar-refractivity contribution in [3.63, 3.8) is 0 Å². The maximum absolute atomic E-state index is 6.05. The highest BCUT2D eigenvalue weighted by Gasteiger charge is 2.23. The molecule has 0 aliphatic heterocycles. The summed E-state index contributed by atoms with van der Waals surface area (Å²) in [5.74, 6) is 1.18. The van der Waals surface area contributed by atoms with Crippen molar-refractivity contribution in [2.45, 2.75) is 40.0 Å². The van der Waals surface area contributed by atoms with Gasteiger partial charge in [-0.3, -0.25) is 0 Å². The van der Waals surface area contributed by atoms with Gasteiger partial charge in [0.15, 0.2) is 5.82 Å². The molecule has 20 heavy (non-hydrogen) atoms. The van der Waals surface area contributed by atoms with Crippen molar-refractivity contribution in [3.05, 3.63) is 39.5 Å². The van der Waals surface area contributed by atoms with E-state index in [4.69, 9.17) is 10.7 Å². The maximum atomic E-state index is 6.05. The molecule has 0 radical (unpaired) electrons. The molecule has 1 heterocycles. The molecule has 0 amide bonds. The Labute approximate surface area is 128 Å². The molecule has 0 aliphatic carbocycles. The van der Waals surface area contributed by atoms with Crippen LogP contribution in [0.25, 0.3) is 11.4 Å². The van der Waals surface area contributed by atoms with E-state index in [0.29, 0.717) is 11.6 Å². The van der Waals surface area contributed by atoms with Crippen LogP contribution in [0.2, 0.25) is 0 Å². The topological polar surface area (TPSA) is 51.8 Å². The lowest BCUT2D eigenvalue weighted by Crippen LogP contribution is -2.17. The molecule has 0 saturated heterocycles. The Balaban J connectivity index is 2.71. The number of nitrogens with zero attached hydrogens (tertiary/aromatic N) is 2. The average Bonchev–Trinajstić information content (AvgIpc) is 2.34. The zero-order valence-corrected chi connectivity index (χ0v) is 14.2. The number of hydrogen-bond donors (Lipinski definition) is 1. The van der Waals surface area contributed by atoms with Gasteiger partial charge in [0.05, 0.1) is 10.2 Å². The summed E-state index contributed by atoms with van der Waals surface area (Å²) in [5.41, 5.74) is 10.3. The van der Waals surface area contributed by atoms with Gasteiger partial charge in [-0.2, -0.15) is 0 Å². The van der Waals surface area contributed by atoms with Crippen molar-refractivity contribution in [1.82, 2.24) is 9.97 Å². The van der Waals surface area contributed by atoms with E-state index in [9.17, 15) is 0 Å². The molecule has 2 rings (SSSR count). The van der Waals surface area contributed by atoms with Gasteiger partial charge in [-0.1, -0.05) is 39.0 Å². The van der Waals surface area contributed by atoms with E-state index in [-0.39, 0.29) is 5.41 Å². The summed E-state index contributed by atoms with van der Waals surface area (Å²) in [6.07, 6.45) is 0. The van der Waals surface area contributed by atoms with Crippen LogP contribution in [0.4, 0.5) is 5.82 Å². The van der Waals surface area contributed by atoms with Gasteiger partial charge in [-0.25, -0.2) is 9.97 Å². The van der Waals surface area contributed by atoms with Crippen molar-refractivity contribution in [3.8, 4) is 11.4 Å². The molecule has 3 nitrogen and oxygen atoms in total. The standard InChI is InChI=1S/C16H20BrN3/c1-9-7-6-8-11(10(9)2)15-19-13(16(3,4)5)12(17)14(18)20-15/h6-8H,1-5H3,(H2,18,19,20). The third-order valence-electron chi connectivity index (χ3n) is 3.43. The molecular weight excluding hydrogens is 314 g/mol. The number of anilines is 1. The average molecular weight is 334 g/mol. The monoisotopic (exact) mass is 333 g/mol. The minimum atomic E-state index is -0.0949. The number of halogens is 1. The highest BCUT2D eigenvalue weighted by molar-refractivity contribution is 9.10. The molecule has 0 bridgehead atoms. The van der Waals surface area contributed by atoms with Crippen molar-refractivity contribution in [2.24, 2.45) is 0 Å². The minimum Gasteiger partial charge on any atom is -0.383 e. The molecule has 0 unspecified atom stereocenters. The summed E-state index contributed by atoms with van der Waals surface area (Å²) >= 11 is 3.51. The Bertz CT molecular complexity index is 658. The molecule has 1 aromatic heterocycles. The number of hydrogen-bond acceptors (Lipinski definition) is 3. The maximum Gasteiger partial charge on any atom is 0.162 e. The normalized spacial score (nSPS) is 11.7. The predicted molar refractivity (Wildman–Crippen MR) is 87.8 cm³/mol. The number of benzene rings is 1. The molecule has 2 N–H and O–H groups in total. The van der Waals surface area contributed by atoms with E-state index in [1.54, 1.807) is 0 Å². The number of aromatic nitrogens is 2. The Kier molecular flexibility index (Phi) is 3.87. The zero-order valence-electron chi connectivity index (χ0n) is 12.6. The van der Waals surface area contributed by atoms with Gasteiger partial charge in [0, 0.05) is 11.0 Å². The summed E-state index contributed by atoms with van der Waals surface area (Å²) in [5, 5.41) is 0. The second kappa shape index (κ2) is 5.17. The Morgan fingerprint density at radius 3 is 2.35 bits per heavy atom. The summed E-state index contributed by atoms with van der Waals surface area (Å²) in [4.78, 5) is 9.18. The van der Waals surface area contributed by atoms with Crippen LogP contribution in [0.5, 0.6) is 0 Å². The molecule has 0 aliphatic rings. The third-order valence-corrected chi connectivity index (χ3v) is 4.21. The first-order chi connectivity index (χ1) is 9.21. The second-order valence-electron chi connectivity index (χ2n) is 6.09. The molecule has 0 atom stereocenters. The minimum absolute atomic E-state index is 0.0949. The Morgan fingerprint density at radius 1 is 1.10 bits per heavy atom. The number of nitrogen functional groups attached to an aromatic ring is 1. The highest BCUT2D eigenvalue weighted by Crippen LogP contribution is 2.34. The molecule has 0 fully saturated rings. The van der Waals surface area contributed by atoms with Crippen molar-refractivity contribution in [1.29, 1.82) is 0 Å². The fourth-order valence-electron chi connectivity index (χ4n) is 2.08. The fraction of sp³-hybridized carbons (Fsp3) is 0.375. The zero-order chi connectivity index (χ0) is 15.1. The molecule has 2 aromatic rings. The molecular formula is C16H20BrN3. The van der Waals surface area contributed by atoms with Crippen LogP contribution in [0.15, 0.2) is 22.7 Å². The van der Waals surface area contributed by atoms with Crippen molar-refractivity contribution < 1.29 is 0 Å². The first kappa shape index (κ1) is 15.0. The van der Waals surface area contributed by atoms with Crippen LogP contribution in [-0.4, -0.2) is 9.97 Å². The largest absolute Gasteiger partial charge is 0.383 e. The van der Waals surface area contributed by atoms with Crippen LogP contribution < -0.4 is 5.73 Å². The predicted octanol–water partition coefficient (Wildman–Crippen LogP) is 4.40. The summed E-state index contributed by atoms with van der Waals surface area (Å²) in [7, 11) is 0. The quantitative estimate of drug-likeness (QED) is 0.841. The van der Waals surface area contributed by atoms with Gasteiger partial charge in [-0.05, 0) is 40.9 Å². The summed E-state index contributed by atoms with van der Waals surface area (Å²) in [6.45, 7) is 10.5. The molecule has 1 aromatic carbocycles. The first-order valence-electron chi connectivity index (χ1n) is 6.62. The van der Waals surface area contributed by atoms with E-state index in [1.807, 2.05) is 12.1 Å². The lowest BCUT2D eigenvalue weighted by molar-refractivity contribution is 0.564.